The third kappa shape index (κ3) is 2.69. The summed E-state index contributed by atoms with van der Waals surface area (Å²) in [6.45, 7) is 5.40. The Balaban J connectivity index is 1.53. The van der Waals surface area contributed by atoms with E-state index in [0.29, 0.717) is 32.5 Å². The molecule has 2 aromatic rings. The maximum atomic E-state index is 13.7. The van der Waals surface area contributed by atoms with Gasteiger partial charge >= 0.3 is 6.18 Å². The smallest absolute Gasteiger partial charge is 0.388 e. The fraction of sp³-hybridized carbons (Fsp3) is 0.593. The van der Waals surface area contributed by atoms with Crippen LogP contribution in [0.4, 0.5) is 13.2 Å². The Hall–Kier alpha value is -1.96. The van der Waals surface area contributed by atoms with E-state index in [2.05, 4.69) is 13.8 Å². The second-order valence-corrected chi connectivity index (χ2v) is 11.7. The summed E-state index contributed by atoms with van der Waals surface area (Å²) in [6.07, 6.45) is -1.17. The predicted molar refractivity (Wildman–Crippen MR) is 117 cm³/mol. The minimum atomic E-state index is -4.40. The standard InChI is InChI=1S/C27H28F3NO3/c1-24(2)12-17-19(18(32)13-24)21-20-22(34-26(21)7-9-33-10-8-26)15-4-3-14(27(28,29)30)11-16(15)25(5-6-25)23(20)31-17/h3-4,11,18,22,32H,5-10,12-13H2,1-2H3. The first-order valence-corrected chi connectivity index (χ1v) is 12.3. The molecule has 2 unspecified atom stereocenters. The van der Waals surface area contributed by atoms with Gasteiger partial charge in [0.15, 0.2) is 0 Å². The van der Waals surface area contributed by atoms with Gasteiger partial charge in [-0.2, -0.15) is 13.2 Å². The number of hydrogen-bond donors (Lipinski definition) is 1. The molecular weight excluding hydrogens is 443 g/mol. The van der Waals surface area contributed by atoms with Crippen molar-refractivity contribution in [1.29, 1.82) is 0 Å². The average molecular weight is 472 g/mol. The highest BCUT2D eigenvalue weighted by atomic mass is 19.4. The minimum Gasteiger partial charge on any atom is -0.388 e. The minimum absolute atomic E-state index is 0.102. The van der Waals surface area contributed by atoms with E-state index in [0.717, 1.165) is 58.5 Å². The fourth-order valence-electron chi connectivity index (χ4n) is 7.18. The molecule has 1 saturated heterocycles. The highest BCUT2D eigenvalue weighted by Gasteiger charge is 2.61. The zero-order chi connectivity index (χ0) is 23.7. The van der Waals surface area contributed by atoms with Gasteiger partial charge in [0.05, 0.1) is 23.0 Å². The van der Waals surface area contributed by atoms with Crippen molar-refractivity contribution in [2.45, 2.75) is 81.8 Å². The first-order valence-electron chi connectivity index (χ1n) is 12.3. The van der Waals surface area contributed by atoms with Crippen molar-refractivity contribution in [2.24, 2.45) is 5.41 Å². The normalized spacial score (nSPS) is 29.0. The molecule has 2 fully saturated rings. The first-order chi connectivity index (χ1) is 16.0. The molecule has 2 spiro atoms. The Morgan fingerprint density at radius 1 is 1.06 bits per heavy atom. The molecular formula is C27H28F3NO3. The van der Waals surface area contributed by atoms with E-state index in [1.54, 1.807) is 6.07 Å². The molecule has 1 N–H and O–H groups in total. The van der Waals surface area contributed by atoms with Crippen LogP contribution in [0.3, 0.4) is 0 Å². The molecule has 2 atom stereocenters. The van der Waals surface area contributed by atoms with Crippen molar-refractivity contribution in [1.82, 2.24) is 4.98 Å². The van der Waals surface area contributed by atoms with E-state index in [1.807, 2.05) is 0 Å². The summed E-state index contributed by atoms with van der Waals surface area (Å²) in [4.78, 5) is 5.18. The van der Waals surface area contributed by atoms with E-state index < -0.39 is 35.0 Å². The second kappa shape index (κ2) is 6.42. The number of hydrogen-bond acceptors (Lipinski definition) is 4. The predicted octanol–water partition coefficient (Wildman–Crippen LogP) is 5.62. The number of halogens is 3. The topological polar surface area (TPSA) is 51.6 Å². The summed E-state index contributed by atoms with van der Waals surface area (Å²) in [5.41, 5.74) is 4.54. The molecule has 7 rings (SSSR count). The first kappa shape index (κ1) is 21.3. The molecule has 0 bridgehead atoms. The van der Waals surface area contributed by atoms with Crippen LogP contribution < -0.4 is 0 Å². The summed E-state index contributed by atoms with van der Waals surface area (Å²) < 4.78 is 53.5. The van der Waals surface area contributed by atoms with Crippen molar-refractivity contribution in [3.63, 3.8) is 0 Å². The molecule has 3 heterocycles. The Labute approximate surface area is 196 Å². The number of aliphatic hydroxyl groups is 1. The Kier molecular flexibility index (Phi) is 4.03. The van der Waals surface area contributed by atoms with Gasteiger partial charge in [0.2, 0.25) is 0 Å². The number of aliphatic hydroxyl groups excluding tert-OH is 1. The summed E-state index contributed by atoms with van der Waals surface area (Å²) in [7, 11) is 0. The second-order valence-electron chi connectivity index (χ2n) is 11.7. The lowest BCUT2D eigenvalue weighted by molar-refractivity contribution is -0.137. The van der Waals surface area contributed by atoms with E-state index in [9.17, 15) is 18.3 Å². The summed E-state index contributed by atoms with van der Waals surface area (Å²) in [6, 6.07) is 4.14. The fourth-order valence-corrected chi connectivity index (χ4v) is 7.18. The number of benzene rings is 1. The van der Waals surface area contributed by atoms with E-state index in [-0.39, 0.29) is 5.41 Å². The van der Waals surface area contributed by atoms with Gasteiger partial charge in [0.25, 0.3) is 0 Å². The maximum Gasteiger partial charge on any atom is 0.416 e. The number of fused-ring (bicyclic) bond motifs is 7. The number of aromatic nitrogens is 1. The van der Waals surface area contributed by atoms with E-state index in [1.165, 1.54) is 12.1 Å². The van der Waals surface area contributed by atoms with Gasteiger partial charge in [-0.05, 0) is 59.9 Å². The highest BCUT2D eigenvalue weighted by molar-refractivity contribution is 5.64. The molecule has 0 amide bonds. The van der Waals surface area contributed by atoms with Gasteiger partial charge < -0.3 is 14.6 Å². The van der Waals surface area contributed by atoms with Crippen molar-refractivity contribution in [3.05, 3.63) is 63.0 Å². The Morgan fingerprint density at radius 3 is 2.47 bits per heavy atom. The Morgan fingerprint density at radius 2 is 1.79 bits per heavy atom. The zero-order valence-corrected chi connectivity index (χ0v) is 19.4. The quantitative estimate of drug-likeness (QED) is 0.542. The molecule has 4 nitrogen and oxygen atoms in total. The summed E-state index contributed by atoms with van der Waals surface area (Å²) in [5, 5.41) is 11.4. The monoisotopic (exact) mass is 471 g/mol. The van der Waals surface area contributed by atoms with Crippen molar-refractivity contribution < 1.29 is 27.8 Å². The van der Waals surface area contributed by atoms with Gasteiger partial charge in [-0.15, -0.1) is 0 Å². The number of pyridine rings is 1. The van der Waals surface area contributed by atoms with E-state index in [4.69, 9.17) is 14.5 Å². The summed E-state index contributed by atoms with van der Waals surface area (Å²) >= 11 is 0. The van der Waals surface area contributed by atoms with E-state index >= 15 is 0 Å². The number of rotatable bonds is 0. The third-order valence-electron chi connectivity index (χ3n) is 8.82. The highest BCUT2D eigenvalue weighted by Crippen LogP contribution is 2.66. The molecule has 3 aliphatic carbocycles. The average Bonchev–Trinajstić information content (AvgIpc) is 3.50. The van der Waals surface area contributed by atoms with Gasteiger partial charge in [-0.1, -0.05) is 19.9 Å². The van der Waals surface area contributed by atoms with Crippen LogP contribution in [-0.2, 0) is 33.1 Å². The van der Waals surface area contributed by atoms with Crippen LogP contribution in [0.2, 0.25) is 0 Å². The van der Waals surface area contributed by atoms with Crippen LogP contribution >= 0.6 is 0 Å². The maximum absolute atomic E-state index is 13.7. The lowest BCUT2D eigenvalue weighted by Crippen LogP contribution is -2.37. The largest absolute Gasteiger partial charge is 0.416 e. The van der Waals surface area contributed by atoms with Crippen LogP contribution in [0, 0.1) is 5.41 Å². The molecule has 34 heavy (non-hydrogen) atoms. The van der Waals surface area contributed by atoms with Crippen molar-refractivity contribution in [3.8, 4) is 0 Å². The summed E-state index contributed by atoms with van der Waals surface area (Å²) in [5.74, 6) is 0. The van der Waals surface area contributed by atoms with Gasteiger partial charge in [-0.25, -0.2) is 0 Å². The number of nitrogens with zero attached hydrogens (tertiary/aromatic N) is 1. The molecule has 2 aliphatic heterocycles. The van der Waals surface area contributed by atoms with Crippen LogP contribution in [0.1, 0.15) is 103 Å². The number of ether oxygens (including phenoxy) is 2. The SMILES string of the molecule is CC1(C)Cc2nc3c4c(c2C(O)C1)C1(CCOCC1)OC4c1ccc(C(F)(F)F)cc1C31CC1. The lowest BCUT2D eigenvalue weighted by atomic mass is 9.68. The molecule has 0 radical (unpaired) electrons. The van der Waals surface area contributed by atoms with Gasteiger partial charge in [-0.3, -0.25) is 4.98 Å². The van der Waals surface area contributed by atoms with Crippen LogP contribution in [0.25, 0.3) is 0 Å². The van der Waals surface area contributed by atoms with Crippen molar-refractivity contribution in [2.75, 3.05) is 13.2 Å². The third-order valence-corrected chi connectivity index (χ3v) is 8.82. The molecule has 1 aromatic heterocycles. The van der Waals surface area contributed by atoms with Gasteiger partial charge in [0.1, 0.15) is 6.10 Å². The Bertz CT molecular complexity index is 1220. The van der Waals surface area contributed by atoms with Crippen LogP contribution in [0.15, 0.2) is 18.2 Å². The lowest BCUT2D eigenvalue weighted by Gasteiger charge is -2.40. The van der Waals surface area contributed by atoms with Crippen molar-refractivity contribution >= 4 is 0 Å². The zero-order valence-electron chi connectivity index (χ0n) is 19.4. The number of alkyl halides is 3. The molecule has 1 saturated carbocycles. The molecule has 1 aromatic carbocycles. The molecule has 5 aliphatic rings. The molecule has 7 heteroatoms. The molecule has 180 valence electrons. The van der Waals surface area contributed by atoms with Crippen LogP contribution in [-0.4, -0.2) is 23.3 Å². The van der Waals surface area contributed by atoms with Crippen LogP contribution in [0.5, 0.6) is 0 Å². The van der Waals surface area contributed by atoms with Gasteiger partial charge in [0, 0.05) is 48.3 Å².